The van der Waals surface area contributed by atoms with Gasteiger partial charge in [-0.15, -0.1) is 11.3 Å². The Morgan fingerprint density at radius 2 is 2.13 bits per heavy atom. The lowest BCUT2D eigenvalue weighted by Gasteiger charge is -2.38. The molecule has 242 valence electrons. The van der Waals surface area contributed by atoms with E-state index in [1.807, 2.05) is 30.5 Å². The molecule has 8 rings (SSSR count). The first-order valence-electron chi connectivity index (χ1n) is 16.1. The molecule has 4 aromatic rings. The van der Waals surface area contributed by atoms with Gasteiger partial charge in [0.15, 0.2) is 22.9 Å². The molecule has 12 nitrogen and oxygen atoms in total. The number of halogens is 1. The number of nitriles is 1. The smallest absolute Gasteiger partial charge is 0.186 e. The van der Waals surface area contributed by atoms with E-state index in [4.69, 9.17) is 30.1 Å². The molecule has 3 N–H and O–H groups in total. The number of aromatic nitrogens is 5. The molecule has 7 heterocycles. The van der Waals surface area contributed by atoms with E-state index in [1.54, 1.807) is 6.20 Å². The van der Waals surface area contributed by atoms with Gasteiger partial charge in [-0.2, -0.15) is 10.4 Å². The molecular formula is C32H38FN9O3S. The van der Waals surface area contributed by atoms with Crippen molar-refractivity contribution in [1.82, 2.24) is 29.8 Å². The fourth-order valence-corrected chi connectivity index (χ4v) is 9.54. The summed E-state index contributed by atoms with van der Waals surface area (Å²) in [4.78, 5) is 15.4. The van der Waals surface area contributed by atoms with Crippen molar-refractivity contribution in [3.8, 4) is 17.6 Å². The highest BCUT2D eigenvalue weighted by Crippen LogP contribution is 2.52. The summed E-state index contributed by atoms with van der Waals surface area (Å²) >= 11 is 1.47. The van der Waals surface area contributed by atoms with Crippen LogP contribution < -0.4 is 10.6 Å². The quantitative estimate of drug-likeness (QED) is 0.329. The fraction of sp³-hybridized carbons (Fsp3) is 0.594. The van der Waals surface area contributed by atoms with E-state index < -0.39 is 17.2 Å². The molecule has 5 atom stereocenters. The highest BCUT2D eigenvalue weighted by atomic mass is 32.1. The average Bonchev–Trinajstić information content (AvgIpc) is 3.80. The number of hydrogen-bond acceptors (Lipinski definition) is 12. The molecule has 0 bridgehead atoms. The normalized spacial score (nSPS) is 28.8. The van der Waals surface area contributed by atoms with Crippen molar-refractivity contribution in [1.29, 1.82) is 5.26 Å². The number of piperidine rings is 1. The van der Waals surface area contributed by atoms with Crippen LogP contribution in [0.5, 0.6) is 0 Å². The maximum Gasteiger partial charge on any atom is 0.186 e. The minimum absolute atomic E-state index is 0.0448. The van der Waals surface area contributed by atoms with Gasteiger partial charge in [0.1, 0.15) is 23.1 Å². The van der Waals surface area contributed by atoms with Gasteiger partial charge >= 0.3 is 0 Å². The number of rotatable bonds is 4. The molecular weight excluding hydrogens is 609 g/mol. The van der Waals surface area contributed by atoms with E-state index in [1.165, 1.54) is 11.3 Å². The third kappa shape index (κ3) is 4.46. The van der Waals surface area contributed by atoms with Crippen molar-refractivity contribution in [2.24, 2.45) is 0 Å². The molecule has 46 heavy (non-hydrogen) atoms. The van der Waals surface area contributed by atoms with Gasteiger partial charge in [-0.3, -0.25) is 4.90 Å². The zero-order valence-electron chi connectivity index (χ0n) is 26.3. The average molecular weight is 648 g/mol. The summed E-state index contributed by atoms with van der Waals surface area (Å²) < 4.78 is 28.8. The SMILES string of the molecule is CC(C1CC(F)CN1C)n1ncc2c(N3CCCC(C)(O)C3)nc(-c3noc4c3COCC43CCCc4sc(N)c(C#N)c43)nc21. The molecule has 1 spiro atoms. The van der Waals surface area contributed by atoms with Crippen LogP contribution in [0.1, 0.15) is 79.3 Å². The van der Waals surface area contributed by atoms with E-state index in [-0.39, 0.29) is 18.7 Å². The Labute approximate surface area is 269 Å². The Morgan fingerprint density at radius 1 is 1.28 bits per heavy atom. The number of ether oxygens (including phenoxy) is 1. The molecule has 0 amide bonds. The molecule has 4 aliphatic rings. The minimum Gasteiger partial charge on any atom is -0.389 e. The van der Waals surface area contributed by atoms with Gasteiger partial charge in [0.25, 0.3) is 0 Å². The van der Waals surface area contributed by atoms with Crippen molar-refractivity contribution in [2.75, 3.05) is 43.9 Å². The second-order valence-electron chi connectivity index (χ2n) is 13.8. The van der Waals surface area contributed by atoms with Gasteiger partial charge in [0.05, 0.1) is 53.0 Å². The second-order valence-corrected chi connectivity index (χ2v) is 15.0. The number of alkyl halides is 1. The van der Waals surface area contributed by atoms with Crippen molar-refractivity contribution in [2.45, 2.75) is 88.3 Å². The van der Waals surface area contributed by atoms with Crippen molar-refractivity contribution >= 4 is 33.2 Å². The van der Waals surface area contributed by atoms with Gasteiger partial charge in [-0.1, -0.05) is 5.16 Å². The maximum absolute atomic E-state index is 14.4. The number of nitrogen functional groups attached to an aromatic ring is 1. The van der Waals surface area contributed by atoms with Crippen molar-refractivity contribution in [3.05, 3.63) is 33.5 Å². The largest absolute Gasteiger partial charge is 0.389 e. The fourth-order valence-electron chi connectivity index (χ4n) is 8.37. The molecule has 0 saturated carbocycles. The standard InChI is InChI=1S/C32H38FN9O3S/c1-17(22-10-18(33)13-40(22)3)42-30-20(12-36-42)29(41-9-5-7-31(2,43)15-41)37-28(38-30)25-21-14-44-16-32(26(21)45-39-25)8-4-6-23-24(32)19(11-34)27(35)46-23/h12,17-18,22,43H,4-10,13-16,35H2,1-3H3. The summed E-state index contributed by atoms with van der Waals surface area (Å²) in [5.74, 6) is 1.72. The van der Waals surface area contributed by atoms with Crippen molar-refractivity contribution in [3.63, 3.8) is 0 Å². The Kier molecular flexibility index (Phi) is 6.92. The molecule has 5 unspecified atom stereocenters. The summed E-state index contributed by atoms with van der Waals surface area (Å²) in [7, 11) is 1.95. The third-order valence-electron chi connectivity index (χ3n) is 10.5. The lowest BCUT2D eigenvalue weighted by molar-refractivity contribution is 0.0448. The first-order chi connectivity index (χ1) is 22.1. The van der Waals surface area contributed by atoms with Crippen LogP contribution in [-0.2, 0) is 23.2 Å². The number of nitrogens with zero attached hydrogens (tertiary/aromatic N) is 8. The summed E-state index contributed by atoms with van der Waals surface area (Å²) in [6.07, 6.45) is 5.34. The first kappa shape index (κ1) is 29.7. The number of likely N-dealkylation sites (tertiary alicyclic amines) is 1. The number of anilines is 2. The summed E-state index contributed by atoms with van der Waals surface area (Å²) in [5.41, 5.74) is 8.05. The molecule has 0 aromatic carbocycles. The van der Waals surface area contributed by atoms with E-state index in [2.05, 4.69) is 16.1 Å². The monoisotopic (exact) mass is 647 g/mol. The molecule has 2 saturated heterocycles. The van der Waals surface area contributed by atoms with Crippen LogP contribution in [0.15, 0.2) is 10.7 Å². The van der Waals surface area contributed by atoms with Crippen LogP contribution in [0.4, 0.5) is 15.2 Å². The van der Waals surface area contributed by atoms with Gasteiger partial charge in [-0.25, -0.2) is 19.0 Å². The first-order valence-corrected chi connectivity index (χ1v) is 16.9. The Bertz CT molecular complexity index is 1870. The van der Waals surface area contributed by atoms with Gasteiger partial charge in [-0.05, 0) is 59.4 Å². The van der Waals surface area contributed by atoms with Gasteiger partial charge < -0.3 is 25.0 Å². The lowest BCUT2D eigenvalue weighted by Crippen LogP contribution is -2.46. The number of aryl methyl sites for hydroxylation is 1. The van der Waals surface area contributed by atoms with Gasteiger partial charge in [0.2, 0.25) is 0 Å². The predicted molar refractivity (Wildman–Crippen MR) is 170 cm³/mol. The van der Waals surface area contributed by atoms with Crippen LogP contribution in [0.2, 0.25) is 0 Å². The highest BCUT2D eigenvalue weighted by molar-refractivity contribution is 7.16. The van der Waals surface area contributed by atoms with E-state index in [9.17, 15) is 14.8 Å². The number of fused-ring (bicyclic) bond motifs is 5. The van der Waals surface area contributed by atoms with Crippen LogP contribution in [0.25, 0.3) is 22.6 Å². The number of nitrogens with two attached hydrogens (primary N) is 1. The highest BCUT2D eigenvalue weighted by Gasteiger charge is 2.50. The summed E-state index contributed by atoms with van der Waals surface area (Å²) in [5, 5.41) is 31.8. The number of aliphatic hydroxyl groups is 1. The third-order valence-corrected chi connectivity index (χ3v) is 11.6. The van der Waals surface area contributed by atoms with Crippen LogP contribution >= 0.6 is 11.3 Å². The zero-order valence-corrected chi connectivity index (χ0v) is 27.1. The van der Waals surface area contributed by atoms with E-state index in [0.29, 0.717) is 71.8 Å². The second kappa shape index (κ2) is 10.7. The Balaban J connectivity index is 1.29. The van der Waals surface area contributed by atoms with E-state index >= 15 is 0 Å². The molecule has 14 heteroatoms. The van der Waals surface area contributed by atoms with Crippen LogP contribution in [-0.4, -0.2) is 86.0 Å². The lowest BCUT2D eigenvalue weighted by atomic mass is 9.68. The molecule has 3 aliphatic heterocycles. The molecule has 2 fully saturated rings. The van der Waals surface area contributed by atoms with Crippen LogP contribution in [0, 0.1) is 11.3 Å². The number of β-amino-alcohol motifs (C(OH)–C–C–N with tert-alkyl or cyclic N) is 1. The number of thiophene rings is 1. The number of hydrogen-bond donors (Lipinski definition) is 2. The molecule has 4 aromatic heterocycles. The topological polar surface area (TPSA) is 155 Å². The van der Waals surface area contributed by atoms with Crippen molar-refractivity contribution < 1.29 is 18.8 Å². The Morgan fingerprint density at radius 3 is 2.89 bits per heavy atom. The van der Waals surface area contributed by atoms with E-state index in [0.717, 1.165) is 53.6 Å². The molecule has 0 radical (unpaired) electrons. The van der Waals surface area contributed by atoms with Crippen LogP contribution in [0.3, 0.4) is 0 Å². The molecule has 1 aliphatic carbocycles. The zero-order chi connectivity index (χ0) is 32.0. The minimum atomic E-state index is -0.884. The number of likely N-dealkylation sites (N-methyl/N-ethyl adjacent to an activating group) is 1. The maximum atomic E-state index is 14.4. The Hall–Kier alpha value is -3.64. The summed E-state index contributed by atoms with van der Waals surface area (Å²) in [6, 6.07) is 2.14. The predicted octanol–water partition coefficient (Wildman–Crippen LogP) is 4.10. The summed E-state index contributed by atoms with van der Waals surface area (Å²) in [6.45, 7) is 6.06. The van der Waals surface area contributed by atoms with Gasteiger partial charge in [0, 0.05) is 36.1 Å².